The van der Waals surface area contributed by atoms with Crippen molar-refractivity contribution in [2.24, 2.45) is 0 Å². The first-order valence-corrected chi connectivity index (χ1v) is 8.45. The van der Waals surface area contributed by atoms with Crippen molar-refractivity contribution in [2.75, 3.05) is 19.9 Å². The summed E-state index contributed by atoms with van der Waals surface area (Å²) in [6.45, 7) is 7.67. The molecule has 2 heterocycles. The molecule has 5 heteroatoms. The van der Waals surface area contributed by atoms with Gasteiger partial charge in [0.1, 0.15) is 11.6 Å². The molecule has 0 radical (unpaired) electrons. The maximum Gasteiger partial charge on any atom is 0.323 e. The van der Waals surface area contributed by atoms with Gasteiger partial charge >= 0.3 is 5.97 Å². The summed E-state index contributed by atoms with van der Waals surface area (Å²) in [5.41, 5.74) is 0.625. The third-order valence-corrected chi connectivity index (χ3v) is 4.09. The Kier molecular flexibility index (Phi) is 4.81. The van der Waals surface area contributed by atoms with Crippen molar-refractivity contribution in [3.05, 3.63) is 29.8 Å². The number of hydrogen-bond acceptors (Lipinski definition) is 5. The van der Waals surface area contributed by atoms with Crippen LogP contribution in [-0.4, -0.2) is 42.4 Å². The van der Waals surface area contributed by atoms with Crippen molar-refractivity contribution < 1.29 is 19.0 Å². The maximum absolute atomic E-state index is 12.3. The van der Waals surface area contributed by atoms with Crippen LogP contribution in [-0.2, 0) is 9.53 Å². The van der Waals surface area contributed by atoms with Crippen LogP contribution in [0.2, 0.25) is 0 Å². The molecule has 1 unspecified atom stereocenters. The third-order valence-electron chi connectivity index (χ3n) is 4.09. The van der Waals surface area contributed by atoms with Gasteiger partial charge in [0.25, 0.3) is 0 Å². The molecule has 0 spiro atoms. The molecule has 0 amide bonds. The molecule has 0 aliphatic carbocycles. The number of carbonyl (C=O) groups is 1. The molecule has 0 saturated carbocycles. The Morgan fingerprint density at radius 3 is 2.92 bits per heavy atom. The summed E-state index contributed by atoms with van der Waals surface area (Å²) in [7, 11) is 0. The van der Waals surface area contributed by atoms with Crippen molar-refractivity contribution in [1.29, 1.82) is 0 Å². The molecular weight excluding hydrogens is 306 g/mol. The highest BCUT2D eigenvalue weighted by atomic mass is 16.7. The Hall–Kier alpha value is -2.01. The van der Waals surface area contributed by atoms with Gasteiger partial charge in [-0.25, -0.2) is 0 Å². The Labute approximate surface area is 143 Å². The number of likely N-dealkylation sites (tertiary alicyclic amines) is 1. The molecule has 2 aliphatic heterocycles. The van der Waals surface area contributed by atoms with E-state index in [1.807, 2.05) is 45.0 Å². The molecule has 0 aromatic heterocycles. The van der Waals surface area contributed by atoms with Gasteiger partial charge in [0, 0.05) is 6.54 Å². The fourth-order valence-corrected chi connectivity index (χ4v) is 3.02. The van der Waals surface area contributed by atoms with Crippen LogP contribution in [0.15, 0.2) is 24.3 Å². The van der Waals surface area contributed by atoms with Gasteiger partial charge < -0.3 is 14.2 Å². The first-order valence-electron chi connectivity index (χ1n) is 8.45. The lowest BCUT2D eigenvalue weighted by molar-refractivity contribution is -0.160. The summed E-state index contributed by atoms with van der Waals surface area (Å²) in [5.74, 6) is 1.46. The Morgan fingerprint density at radius 1 is 1.33 bits per heavy atom. The minimum absolute atomic E-state index is 0.114. The van der Waals surface area contributed by atoms with Crippen LogP contribution >= 0.6 is 0 Å². The average Bonchev–Trinajstić information content (AvgIpc) is 3.13. The van der Waals surface area contributed by atoms with Gasteiger partial charge in [-0.2, -0.15) is 0 Å². The molecule has 130 valence electrons. The number of hydrogen-bond donors (Lipinski definition) is 0. The number of fused-ring (bicyclic) bond motifs is 1. The molecule has 1 aromatic carbocycles. The van der Waals surface area contributed by atoms with E-state index in [1.165, 1.54) is 0 Å². The van der Waals surface area contributed by atoms with E-state index in [4.69, 9.17) is 14.2 Å². The summed E-state index contributed by atoms with van der Waals surface area (Å²) >= 11 is 0. The van der Waals surface area contributed by atoms with E-state index in [2.05, 4.69) is 11.0 Å². The van der Waals surface area contributed by atoms with Crippen LogP contribution in [0.3, 0.4) is 0 Å². The second kappa shape index (κ2) is 6.85. The molecule has 2 aliphatic rings. The molecule has 0 bridgehead atoms. The van der Waals surface area contributed by atoms with Gasteiger partial charge in [-0.05, 0) is 57.9 Å². The topological polar surface area (TPSA) is 48.0 Å². The first kappa shape index (κ1) is 16.8. The summed E-state index contributed by atoms with van der Waals surface area (Å²) in [5, 5.41) is 0. The van der Waals surface area contributed by atoms with Gasteiger partial charge in [-0.3, -0.25) is 9.69 Å². The van der Waals surface area contributed by atoms with E-state index in [9.17, 15) is 4.79 Å². The number of carbonyl (C=O) groups excluding carboxylic acids is 1. The predicted octanol–water partition coefficient (Wildman–Crippen LogP) is 3.23. The quantitative estimate of drug-likeness (QED) is 0.793. The molecule has 1 saturated heterocycles. The van der Waals surface area contributed by atoms with E-state index in [0.717, 1.165) is 43.0 Å². The second-order valence-corrected chi connectivity index (χ2v) is 7.20. The first-order chi connectivity index (χ1) is 11.4. The SMILES string of the molecule is CC(C)(C)OC(=O)C1CCCN1C/C=C/c1ccc2c(c1)OCO2. The highest BCUT2D eigenvalue weighted by Gasteiger charge is 2.33. The van der Waals surface area contributed by atoms with E-state index < -0.39 is 5.60 Å². The van der Waals surface area contributed by atoms with E-state index in [1.54, 1.807) is 0 Å². The van der Waals surface area contributed by atoms with Crippen molar-refractivity contribution in [1.82, 2.24) is 4.90 Å². The highest BCUT2D eigenvalue weighted by Crippen LogP contribution is 2.32. The molecule has 5 nitrogen and oxygen atoms in total. The molecule has 0 N–H and O–H groups in total. The van der Waals surface area contributed by atoms with Crippen LogP contribution in [0.4, 0.5) is 0 Å². The largest absolute Gasteiger partial charge is 0.459 e. The Bertz CT molecular complexity index is 633. The zero-order valence-electron chi connectivity index (χ0n) is 14.6. The monoisotopic (exact) mass is 331 g/mol. The summed E-state index contributed by atoms with van der Waals surface area (Å²) in [4.78, 5) is 14.5. The number of benzene rings is 1. The molecular formula is C19H25NO4. The van der Waals surface area contributed by atoms with Crippen molar-refractivity contribution in [3.8, 4) is 11.5 Å². The van der Waals surface area contributed by atoms with Gasteiger partial charge in [0.2, 0.25) is 6.79 Å². The second-order valence-electron chi connectivity index (χ2n) is 7.20. The van der Waals surface area contributed by atoms with Crippen LogP contribution in [0.5, 0.6) is 11.5 Å². The molecule has 3 rings (SSSR count). The van der Waals surface area contributed by atoms with Crippen LogP contribution in [0.25, 0.3) is 6.08 Å². The minimum atomic E-state index is -0.437. The van der Waals surface area contributed by atoms with E-state index in [0.29, 0.717) is 0 Å². The summed E-state index contributed by atoms with van der Waals surface area (Å²) in [6.07, 6.45) is 6.03. The smallest absolute Gasteiger partial charge is 0.323 e. The number of rotatable bonds is 4. The normalized spacial score (nSPS) is 20.7. The predicted molar refractivity (Wildman–Crippen MR) is 92.0 cm³/mol. The van der Waals surface area contributed by atoms with Gasteiger partial charge in [-0.1, -0.05) is 18.2 Å². The lowest BCUT2D eigenvalue weighted by Crippen LogP contribution is -2.40. The van der Waals surface area contributed by atoms with Crippen molar-refractivity contribution in [3.63, 3.8) is 0 Å². The Balaban J connectivity index is 1.58. The zero-order chi connectivity index (χ0) is 17.2. The van der Waals surface area contributed by atoms with Gasteiger partial charge in [0.05, 0.1) is 0 Å². The van der Waals surface area contributed by atoms with Crippen LogP contribution in [0, 0.1) is 0 Å². The number of nitrogens with zero attached hydrogens (tertiary/aromatic N) is 1. The minimum Gasteiger partial charge on any atom is -0.459 e. The fourth-order valence-electron chi connectivity index (χ4n) is 3.02. The highest BCUT2D eigenvalue weighted by molar-refractivity contribution is 5.76. The number of esters is 1. The maximum atomic E-state index is 12.3. The standard InChI is InChI=1S/C19H25NO4/c1-19(2,3)24-18(21)15-7-5-11-20(15)10-4-6-14-8-9-16-17(12-14)23-13-22-16/h4,6,8-9,12,15H,5,7,10-11,13H2,1-3H3/b6-4+. The van der Waals surface area contributed by atoms with Crippen LogP contribution < -0.4 is 9.47 Å². The van der Waals surface area contributed by atoms with E-state index in [-0.39, 0.29) is 18.8 Å². The molecule has 1 atom stereocenters. The van der Waals surface area contributed by atoms with Gasteiger partial charge in [-0.15, -0.1) is 0 Å². The fraction of sp³-hybridized carbons (Fsp3) is 0.526. The van der Waals surface area contributed by atoms with Crippen molar-refractivity contribution >= 4 is 12.0 Å². The van der Waals surface area contributed by atoms with E-state index >= 15 is 0 Å². The molecule has 1 aromatic rings. The third kappa shape index (κ3) is 4.09. The summed E-state index contributed by atoms with van der Waals surface area (Å²) in [6, 6.07) is 5.75. The van der Waals surface area contributed by atoms with Crippen molar-refractivity contribution in [2.45, 2.75) is 45.3 Å². The van der Waals surface area contributed by atoms with Crippen LogP contribution in [0.1, 0.15) is 39.2 Å². The summed E-state index contributed by atoms with van der Waals surface area (Å²) < 4.78 is 16.2. The lowest BCUT2D eigenvalue weighted by atomic mass is 10.1. The van der Waals surface area contributed by atoms with Gasteiger partial charge in [0.15, 0.2) is 11.5 Å². The average molecular weight is 331 g/mol. The zero-order valence-corrected chi connectivity index (χ0v) is 14.6. The Morgan fingerprint density at radius 2 is 2.12 bits per heavy atom. The number of ether oxygens (including phenoxy) is 3. The molecule has 1 fully saturated rings. The lowest BCUT2D eigenvalue weighted by Gasteiger charge is -2.26. The molecule has 24 heavy (non-hydrogen) atoms.